The maximum Gasteiger partial charge on any atom is 0.315 e. The van der Waals surface area contributed by atoms with E-state index in [1.807, 2.05) is 0 Å². The van der Waals surface area contributed by atoms with Crippen molar-refractivity contribution in [1.29, 1.82) is 0 Å². The molecule has 0 aliphatic heterocycles. The zero-order valence-electron chi connectivity index (χ0n) is 16.2. The van der Waals surface area contributed by atoms with Crippen LogP contribution in [0, 0.1) is 0 Å². The lowest BCUT2D eigenvalue weighted by Crippen LogP contribution is -2.35. The first-order valence-corrected chi connectivity index (χ1v) is 8.51. The summed E-state index contributed by atoms with van der Waals surface area (Å²) in [5.41, 5.74) is 15.0. The summed E-state index contributed by atoms with van der Waals surface area (Å²) in [4.78, 5) is 42.9. The molecule has 0 unspecified atom stereocenters. The minimum Gasteiger partial charge on any atom is -0.469 e. The molecule has 28 heavy (non-hydrogen) atoms. The van der Waals surface area contributed by atoms with Crippen molar-refractivity contribution >= 4 is 23.7 Å². The molecule has 0 saturated carbocycles. The molecule has 0 rings (SSSR count). The highest BCUT2D eigenvalue weighted by Gasteiger charge is 2.07. The molecule has 3 amide bonds. The number of nitrogens with one attached hydrogen (secondary N) is 3. The van der Waals surface area contributed by atoms with Crippen molar-refractivity contribution in [2.45, 2.75) is 12.8 Å². The lowest BCUT2D eigenvalue weighted by Gasteiger charge is -2.03. The number of aliphatic hydroxyl groups excluding tert-OH is 2. The number of ether oxygens (including phenoxy) is 1. The fourth-order valence-electron chi connectivity index (χ4n) is 1.16. The number of esters is 1. The molecule has 0 saturated heterocycles. The summed E-state index contributed by atoms with van der Waals surface area (Å²) < 4.78 is 4.27. The van der Waals surface area contributed by atoms with E-state index >= 15 is 0 Å². The van der Waals surface area contributed by atoms with Crippen LogP contribution in [-0.2, 0) is 23.9 Å². The summed E-state index contributed by atoms with van der Waals surface area (Å²) in [6.07, 6.45) is -0.462. The smallest absolute Gasteiger partial charge is 0.315 e. The average molecular weight is 410 g/mol. The number of hydrogen-bond donors (Lipinski definition) is 8. The Hall–Kier alpha value is -2.32. The van der Waals surface area contributed by atoms with E-state index in [1.165, 1.54) is 7.11 Å². The van der Waals surface area contributed by atoms with Crippen molar-refractivity contribution in [3.63, 3.8) is 0 Å². The van der Waals surface area contributed by atoms with Crippen molar-refractivity contribution in [3.8, 4) is 0 Å². The Labute approximate surface area is 164 Å². The molecule has 13 nitrogen and oxygen atoms in total. The highest BCUT2D eigenvalue weighted by Crippen LogP contribution is 1.82. The van der Waals surface area contributed by atoms with Gasteiger partial charge >= 0.3 is 5.97 Å². The maximum absolute atomic E-state index is 10.9. The van der Waals surface area contributed by atoms with Crippen molar-refractivity contribution < 1.29 is 34.1 Å². The largest absolute Gasteiger partial charge is 0.469 e. The summed E-state index contributed by atoms with van der Waals surface area (Å²) in [5.74, 6) is -1.66. The Morgan fingerprint density at radius 1 is 0.714 bits per heavy atom. The van der Waals surface area contributed by atoms with Crippen molar-refractivity contribution in [3.05, 3.63) is 0 Å². The topological polar surface area (TPSA) is 232 Å². The first-order valence-electron chi connectivity index (χ1n) is 8.51. The highest BCUT2D eigenvalue weighted by atomic mass is 16.5. The van der Waals surface area contributed by atoms with Gasteiger partial charge in [0, 0.05) is 39.3 Å². The van der Waals surface area contributed by atoms with Gasteiger partial charge in [-0.25, -0.2) is 0 Å². The fourth-order valence-corrected chi connectivity index (χ4v) is 1.16. The molecule has 13 heteroatoms. The van der Waals surface area contributed by atoms with Gasteiger partial charge in [0.1, 0.15) is 12.8 Å². The van der Waals surface area contributed by atoms with Gasteiger partial charge in [-0.3, -0.25) is 19.2 Å². The van der Waals surface area contributed by atoms with E-state index in [-0.39, 0.29) is 44.4 Å². The summed E-state index contributed by atoms with van der Waals surface area (Å²) >= 11 is 0. The van der Waals surface area contributed by atoms with Gasteiger partial charge in [-0.15, -0.1) is 0 Å². The van der Waals surface area contributed by atoms with Gasteiger partial charge in [-0.2, -0.15) is 0 Å². The number of carbonyl (C=O) groups is 4. The third kappa shape index (κ3) is 28.5. The van der Waals surface area contributed by atoms with Crippen LogP contribution in [0.4, 0.5) is 0 Å². The quantitative estimate of drug-likeness (QED) is 0.119. The zero-order valence-corrected chi connectivity index (χ0v) is 16.2. The minimum absolute atomic E-state index is 0.0972. The Balaban J connectivity index is -0.000000378. The average Bonchev–Trinajstić information content (AvgIpc) is 2.69. The summed E-state index contributed by atoms with van der Waals surface area (Å²) in [6, 6.07) is 0. The Kier molecular flexibility index (Phi) is 26.8. The SMILES string of the molecule is COC(=O)CC(=O)NCCN.NCCNC(=O)CC(=O)NCCO.NCCO. The molecule has 0 aliphatic carbocycles. The number of hydrogen-bond acceptors (Lipinski definition) is 10. The normalized spacial score (nSPS) is 8.93. The Bertz CT molecular complexity index is 404. The van der Waals surface area contributed by atoms with Gasteiger partial charge in [-0.1, -0.05) is 0 Å². The fraction of sp³-hybridized carbons (Fsp3) is 0.733. The van der Waals surface area contributed by atoms with Crippen LogP contribution in [0.3, 0.4) is 0 Å². The minimum atomic E-state index is -0.542. The number of nitrogens with two attached hydrogens (primary N) is 3. The van der Waals surface area contributed by atoms with Crippen LogP contribution in [0.2, 0.25) is 0 Å². The van der Waals surface area contributed by atoms with E-state index in [2.05, 4.69) is 20.7 Å². The van der Waals surface area contributed by atoms with Gasteiger partial charge in [0.05, 0.1) is 20.3 Å². The lowest BCUT2D eigenvalue weighted by atomic mass is 10.3. The second kappa shape index (κ2) is 24.7. The van der Waals surface area contributed by atoms with Crippen LogP contribution in [-0.4, -0.2) is 93.5 Å². The van der Waals surface area contributed by atoms with E-state index in [4.69, 9.17) is 27.4 Å². The molecule has 0 heterocycles. The number of carbonyl (C=O) groups excluding carboxylic acids is 4. The zero-order chi connectivity index (χ0) is 22.2. The van der Waals surface area contributed by atoms with Gasteiger partial charge in [0.15, 0.2) is 0 Å². The molecule has 0 aromatic carbocycles. The molecular formula is C15H34N6O7. The number of methoxy groups -OCH3 is 1. The number of amides is 3. The molecule has 166 valence electrons. The first kappa shape index (κ1) is 30.4. The first-order chi connectivity index (χ1) is 13.3. The van der Waals surface area contributed by atoms with Crippen LogP contribution in [0.1, 0.15) is 12.8 Å². The third-order valence-corrected chi connectivity index (χ3v) is 2.35. The standard InChI is InChI=1S/C7H15N3O3.C6H12N2O3.C2H7NO/c8-1-2-9-6(12)5-7(13)10-3-4-11;1-11-6(10)4-5(9)8-3-2-7;3-1-2-4/h11H,1-5,8H2,(H,9,12)(H,10,13);2-4,7H2,1H3,(H,8,9);4H,1-3H2. The third-order valence-electron chi connectivity index (χ3n) is 2.35. The summed E-state index contributed by atoms with van der Waals surface area (Å²) in [6.45, 7) is 1.98. The molecular weight excluding hydrogens is 376 g/mol. The molecule has 0 bridgehead atoms. The number of aliphatic hydroxyl groups is 2. The molecule has 0 fully saturated rings. The summed E-state index contributed by atoms with van der Waals surface area (Å²) in [5, 5.41) is 23.4. The second-order valence-electron chi connectivity index (χ2n) is 4.79. The predicted molar refractivity (Wildman–Crippen MR) is 102 cm³/mol. The second-order valence-corrected chi connectivity index (χ2v) is 4.79. The predicted octanol–water partition coefficient (Wildman–Crippen LogP) is -4.88. The molecule has 0 atom stereocenters. The van der Waals surface area contributed by atoms with E-state index in [1.54, 1.807) is 0 Å². The van der Waals surface area contributed by atoms with Crippen molar-refractivity contribution in [2.75, 3.05) is 59.6 Å². The summed E-state index contributed by atoms with van der Waals surface area (Å²) in [7, 11) is 1.23. The Morgan fingerprint density at radius 3 is 1.43 bits per heavy atom. The van der Waals surface area contributed by atoms with E-state index in [0.29, 0.717) is 32.7 Å². The van der Waals surface area contributed by atoms with E-state index in [9.17, 15) is 19.2 Å². The van der Waals surface area contributed by atoms with Crippen LogP contribution in [0.15, 0.2) is 0 Å². The van der Waals surface area contributed by atoms with E-state index in [0.717, 1.165) is 0 Å². The molecule has 0 spiro atoms. The van der Waals surface area contributed by atoms with Crippen LogP contribution in [0.5, 0.6) is 0 Å². The molecule has 0 aliphatic rings. The molecule has 11 N–H and O–H groups in total. The van der Waals surface area contributed by atoms with Gasteiger partial charge < -0.3 is 48.1 Å². The number of rotatable bonds is 11. The molecule has 0 radical (unpaired) electrons. The lowest BCUT2D eigenvalue weighted by molar-refractivity contribution is -0.143. The van der Waals surface area contributed by atoms with Crippen LogP contribution >= 0.6 is 0 Å². The van der Waals surface area contributed by atoms with Crippen LogP contribution < -0.4 is 33.2 Å². The maximum atomic E-state index is 10.9. The van der Waals surface area contributed by atoms with Gasteiger partial charge in [0.25, 0.3) is 0 Å². The van der Waals surface area contributed by atoms with Crippen molar-refractivity contribution in [2.24, 2.45) is 17.2 Å². The van der Waals surface area contributed by atoms with Gasteiger partial charge in [-0.05, 0) is 0 Å². The van der Waals surface area contributed by atoms with Crippen LogP contribution in [0.25, 0.3) is 0 Å². The van der Waals surface area contributed by atoms with E-state index < -0.39 is 11.9 Å². The highest BCUT2D eigenvalue weighted by molar-refractivity contribution is 5.96. The monoisotopic (exact) mass is 410 g/mol. The van der Waals surface area contributed by atoms with Gasteiger partial charge in [0.2, 0.25) is 17.7 Å². The molecule has 0 aromatic heterocycles. The van der Waals surface area contributed by atoms with Crippen molar-refractivity contribution in [1.82, 2.24) is 16.0 Å². The molecule has 0 aromatic rings. The Morgan fingerprint density at radius 2 is 1.11 bits per heavy atom.